The molecule has 0 aromatic carbocycles. The van der Waals surface area contributed by atoms with E-state index < -0.39 is 5.43 Å². The maximum atomic E-state index is 10.2. The summed E-state index contributed by atoms with van der Waals surface area (Å²) in [6, 6.07) is 0. The van der Waals surface area contributed by atoms with Gasteiger partial charge in [-0.2, -0.15) is 0 Å². The zero-order valence-electron chi connectivity index (χ0n) is 5.34. The molecule has 1 rings (SSSR count). The lowest BCUT2D eigenvalue weighted by molar-refractivity contribution is 0.201. The van der Waals surface area contributed by atoms with Gasteiger partial charge in [-0.05, 0) is 12.5 Å². The molecule has 0 radical (unpaired) electrons. The van der Waals surface area contributed by atoms with E-state index in [-0.39, 0.29) is 0 Å². The molecule has 0 atom stereocenters. The molecule has 0 aliphatic heterocycles. The van der Waals surface area contributed by atoms with Crippen LogP contribution in [0.4, 0.5) is 4.79 Å². The van der Waals surface area contributed by atoms with Crippen molar-refractivity contribution in [1.82, 2.24) is 0 Å². The van der Waals surface area contributed by atoms with Crippen LogP contribution in [-0.4, -0.2) is 5.43 Å². The maximum absolute atomic E-state index is 10.2. The van der Waals surface area contributed by atoms with Gasteiger partial charge in [-0.25, -0.2) is 4.79 Å². The van der Waals surface area contributed by atoms with Crippen molar-refractivity contribution in [3.63, 3.8) is 0 Å². The Kier molecular flexibility index (Phi) is 2.51. The molecule has 10 heavy (non-hydrogen) atoms. The highest BCUT2D eigenvalue weighted by Gasteiger charge is 2.02. The molecular formula is C7H7ClO2. The van der Waals surface area contributed by atoms with Crippen molar-refractivity contribution in [2.24, 2.45) is 0 Å². The first-order chi connectivity index (χ1) is 4.79. The molecule has 1 aliphatic rings. The molecule has 0 amide bonds. The van der Waals surface area contributed by atoms with Crippen molar-refractivity contribution in [3.05, 3.63) is 24.0 Å². The molecule has 0 bridgehead atoms. The van der Waals surface area contributed by atoms with E-state index in [2.05, 4.69) is 4.74 Å². The van der Waals surface area contributed by atoms with E-state index >= 15 is 0 Å². The molecular weight excluding hydrogens is 152 g/mol. The summed E-state index contributed by atoms with van der Waals surface area (Å²) in [5.74, 6) is 0.641. The quantitative estimate of drug-likeness (QED) is 0.433. The highest BCUT2D eigenvalue weighted by molar-refractivity contribution is 6.61. The van der Waals surface area contributed by atoms with Crippen LogP contribution >= 0.6 is 11.6 Å². The summed E-state index contributed by atoms with van der Waals surface area (Å²) >= 11 is 4.99. The minimum Gasteiger partial charge on any atom is -0.419 e. The fraction of sp³-hybridized carbons (Fsp3) is 0.286. The highest BCUT2D eigenvalue weighted by atomic mass is 35.5. The lowest BCUT2D eigenvalue weighted by Crippen LogP contribution is -1.95. The number of ether oxygens (including phenoxy) is 1. The lowest BCUT2D eigenvalue weighted by atomic mass is 10.2. The van der Waals surface area contributed by atoms with Crippen LogP contribution in [0.2, 0.25) is 0 Å². The Balaban J connectivity index is 2.41. The number of carbonyl (C=O) groups excluding carboxylic acids is 1. The van der Waals surface area contributed by atoms with Gasteiger partial charge in [-0.3, -0.25) is 0 Å². The Morgan fingerprint density at radius 1 is 1.60 bits per heavy atom. The summed E-state index contributed by atoms with van der Waals surface area (Å²) in [5, 5.41) is 0. The van der Waals surface area contributed by atoms with E-state index in [1.165, 1.54) is 0 Å². The highest BCUT2D eigenvalue weighted by Crippen LogP contribution is 2.12. The summed E-state index contributed by atoms with van der Waals surface area (Å²) in [6.45, 7) is 0. The smallest absolute Gasteiger partial charge is 0.408 e. The second-order valence-corrected chi connectivity index (χ2v) is 2.23. The molecule has 0 unspecified atom stereocenters. The van der Waals surface area contributed by atoms with Crippen molar-refractivity contribution in [1.29, 1.82) is 0 Å². The van der Waals surface area contributed by atoms with Crippen LogP contribution in [0.3, 0.4) is 0 Å². The molecule has 0 fully saturated rings. The number of hydrogen-bond donors (Lipinski definition) is 0. The predicted molar refractivity (Wildman–Crippen MR) is 38.8 cm³/mol. The molecule has 54 valence electrons. The van der Waals surface area contributed by atoms with E-state index in [1.807, 2.05) is 18.2 Å². The average molecular weight is 159 g/mol. The van der Waals surface area contributed by atoms with Crippen LogP contribution in [0, 0.1) is 0 Å². The lowest BCUT2D eigenvalue weighted by Gasteiger charge is -2.04. The first-order valence-corrected chi connectivity index (χ1v) is 3.38. The number of rotatable bonds is 1. The van der Waals surface area contributed by atoms with E-state index in [4.69, 9.17) is 11.6 Å². The van der Waals surface area contributed by atoms with Crippen molar-refractivity contribution in [2.45, 2.75) is 12.8 Å². The topological polar surface area (TPSA) is 26.3 Å². The van der Waals surface area contributed by atoms with Gasteiger partial charge in [0.15, 0.2) is 0 Å². The van der Waals surface area contributed by atoms with Gasteiger partial charge in [0.25, 0.3) is 0 Å². The Bertz CT molecular complexity index is 194. The Morgan fingerprint density at radius 3 is 2.90 bits per heavy atom. The van der Waals surface area contributed by atoms with Gasteiger partial charge < -0.3 is 4.74 Å². The van der Waals surface area contributed by atoms with Crippen molar-refractivity contribution in [2.75, 3.05) is 0 Å². The van der Waals surface area contributed by atoms with Gasteiger partial charge in [-0.15, -0.1) is 0 Å². The molecule has 0 aromatic rings. The first-order valence-electron chi connectivity index (χ1n) is 3.00. The molecule has 2 nitrogen and oxygen atoms in total. The minimum atomic E-state index is -0.762. The predicted octanol–water partition coefficient (Wildman–Crippen LogP) is 2.60. The first kappa shape index (κ1) is 7.35. The van der Waals surface area contributed by atoms with Gasteiger partial charge in [0.1, 0.15) is 5.76 Å². The van der Waals surface area contributed by atoms with Gasteiger partial charge >= 0.3 is 5.43 Å². The number of hydrogen-bond acceptors (Lipinski definition) is 2. The standard InChI is InChI=1S/C7H7ClO2/c8-7(9)10-6-4-2-1-3-5-6/h1-2,5H,3-4H2. The Morgan fingerprint density at radius 2 is 2.40 bits per heavy atom. The fourth-order valence-corrected chi connectivity index (χ4v) is 0.864. The summed E-state index contributed by atoms with van der Waals surface area (Å²) < 4.78 is 4.63. The SMILES string of the molecule is O=C(Cl)OC1=CCC=CC1. The van der Waals surface area contributed by atoms with Gasteiger partial charge in [0.05, 0.1) is 0 Å². The number of halogens is 1. The molecule has 3 heteroatoms. The van der Waals surface area contributed by atoms with Crippen LogP contribution < -0.4 is 0 Å². The fourth-order valence-electron chi connectivity index (χ4n) is 0.765. The molecule has 0 N–H and O–H groups in total. The van der Waals surface area contributed by atoms with E-state index in [9.17, 15) is 4.79 Å². The van der Waals surface area contributed by atoms with Crippen molar-refractivity contribution in [3.8, 4) is 0 Å². The second kappa shape index (κ2) is 3.42. The molecule has 0 spiro atoms. The Hall–Kier alpha value is -0.760. The average Bonchev–Trinajstić information content (AvgIpc) is 1.88. The third-order valence-corrected chi connectivity index (χ3v) is 1.26. The van der Waals surface area contributed by atoms with Gasteiger partial charge in [0, 0.05) is 18.0 Å². The normalized spacial score (nSPS) is 16.3. The van der Waals surface area contributed by atoms with Crippen molar-refractivity contribution < 1.29 is 9.53 Å². The number of carbonyl (C=O) groups is 1. The van der Waals surface area contributed by atoms with Crippen LogP contribution in [0.1, 0.15) is 12.8 Å². The van der Waals surface area contributed by atoms with E-state index in [1.54, 1.807) is 0 Å². The summed E-state index contributed by atoms with van der Waals surface area (Å²) in [6.07, 6.45) is 7.26. The summed E-state index contributed by atoms with van der Waals surface area (Å²) in [7, 11) is 0. The van der Waals surface area contributed by atoms with E-state index in [0.717, 1.165) is 6.42 Å². The Labute approximate surface area is 64.1 Å². The second-order valence-electron chi connectivity index (χ2n) is 1.92. The maximum Gasteiger partial charge on any atom is 0.408 e. The molecule has 0 heterocycles. The van der Waals surface area contributed by atoms with Gasteiger partial charge in [-0.1, -0.05) is 12.2 Å². The molecule has 0 aromatic heterocycles. The minimum absolute atomic E-state index is 0.641. The molecule has 0 saturated heterocycles. The molecule has 1 aliphatic carbocycles. The number of allylic oxidation sites excluding steroid dienone is 3. The zero-order valence-corrected chi connectivity index (χ0v) is 6.10. The van der Waals surface area contributed by atoms with E-state index in [0.29, 0.717) is 12.2 Å². The monoisotopic (exact) mass is 158 g/mol. The zero-order chi connectivity index (χ0) is 7.40. The summed E-state index contributed by atoms with van der Waals surface area (Å²) in [4.78, 5) is 10.2. The van der Waals surface area contributed by atoms with Crippen LogP contribution in [0.15, 0.2) is 24.0 Å². The third kappa shape index (κ3) is 2.23. The summed E-state index contributed by atoms with van der Waals surface area (Å²) in [5.41, 5.74) is -0.762. The van der Waals surface area contributed by atoms with Crippen LogP contribution in [0.5, 0.6) is 0 Å². The van der Waals surface area contributed by atoms with Crippen molar-refractivity contribution >= 4 is 17.0 Å². The van der Waals surface area contributed by atoms with Crippen LogP contribution in [-0.2, 0) is 4.74 Å². The van der Waals surface area contributed by atoms with Gasteiger partial charge in [0.2, 0.25) is 0 Å². The molecule has 0 saturated carbocycles. The largest absolute Gasteiger partial charge is 0.419 e. The third-order valence-electron chi connectivity index (χ3n) is 1.18. The van der Waals surface area contributed by atoms with Crippen LogP contribution in [0.25, 0.3) is 0 Å².